The minimum absolute atomic E-state index is 0.199. The molecule has 0 atom stereocenters. The standard InChI is InChI=1S/C9H8O3S2/c1-14(11,12)6-2-3-7-8(10)5-13-9(7)4-6/h2-5,10H,1H3. The molecule has 1 aromatic carbocycles. The molecule has 0 saturated heterocycles. The van der Waals surface area contributed by atoms with Crippen LogP contribution < -0.4 is 0 Å². The molecule has 0 bridgehead atoms. The van der Waals surface area contributed by atoms with Gasteiger partial charge in [-0.3, -0.25) is 0 Å². The lowest BCUT2D eigenvalue weighted by Crippen LogP contribution is -1.95. The number of fused-ring (bicyclic) bond motifs is 1. The molecule has 3 nitrogen and oxygen atoms in total. The van der Waals surface area contributed by atoms with E-state index >= 15 is 0 Å². The van der Waals surface area contributed by atoms with Gasteiger partial charge in [-0.2, -0.15) is 0 Å². The molecule has 5 heteroatoms. The van der Waals surface area contributed by atoms with Crippen molar-refractivity contribution in [2.75, 3.05) is 6.26 Å². The van der Waals surface area contributed by atoms with Crippen LogP contribution in [0.5, 0.6) is 5.75 Å². The van der Waals surface area contributed by atoms with Crippen LogP contribution in [-0.2, 0) is 9.84 Å². The van der Waals surface area contributed by atoms with Crippen LogP contribution in [0.2, 0.25) is 0 Å². The summed E-state index contributed by atoms with van der Waals surface area (Å²) >= 11 is 1.33. The average molecular weight is 228 g/mol. The first kappa shape index (κ1) is 9.48. The summed E-state index contributed by atoms with van der Waals surface area (Å²) in [6.07, 6.45) is 1.17. The highest BCUT2D eigenvalue weighted by atomic mass is 32.2. The highest BCUT2D eigenvalue weighted by molar-refractivity contribution is 7.90. The van der Waals surface area contributed by atoms with E-state index in [1.165, 1.54) is 23.7 Å². The maximum Gasteiger partial charge on any atom is 0.175 e. The quantitative estimate of drug-likeness (QED) is 0.812. The number of benzene rings is 1. The third kappa shape index (κ3) is 1.49. The average Bonchev–Trinajstić information content (AvgIpc) is 2.46. The smallest absolute Gasteiger partial charge is 0.175 e. The molecular weight excluding hydrogens is 220 g/mol. The van der Waals surface area contributed by atoms with Crippen molar-refractivity contribution in [2.24, 2.45) is 0 Å². The zero-order chi connectivity index (χ0) is 10.3. The number of thiophene rings is 1. The molecule has 1 aromatic heterocycles. The summed E-state index contributed by atoms with van der Waals surface area (Å²) in [7, 11) is -3.16. The number of sulfone groups is 1. The Labute approximate surface area is 85.5 Å². The minimum Gasteiger partial charge on any atom is -0.506 e. The maximum atomic E-state index is 11.2. The normalized spacial score (nSPS) is 12.1. The van der Waals surface area contributed by atoms with E-state index < -0.39 is 9.84 Å². The van der Waals surface area contributed by atoms with E-state index in [1.807, 2.05) is 0 Å². The summed E-state index contributed by atoms with van der Waals surface area (Å²) in [5.74, 6) is 0.199. The second kappa shape index (κ2) is 2.96. The van der Waals surface area contributed by atoms with Crippen LogP contribution in [0.25, 0.3) is 10.1 Å². The van der Waals surface area contributed by atoms with Crippen LogP contribution in [0.15, 0.2) is 28.5 Å². The molecule has 0 fully saturated rings. The summed E-state index contributed by atoms with van der Waals surface area (Å²) in [6, 6.07) is 4.71. The van der Waals surface area contributed by atoms with E-state index in [2.05, 4.69) is 0 Å². The van der Waals surface area contributed by atoms with Gasteiger partial charge in [0.2, 0.25) is 0 Å². The van der Waals surface area contributed by atoms with Crippen LogP contribution in [0.4, 0.5) is 0 Å². The van der Waals surface area contributed by atoms with Crippen molar-refractivity contribution in [1.29, 1.82) is 0 Å². The summed E-state index contributed by atoms with van der Waals surface area (Å²) in [4.78, 5) is 0.284. The van der Waals surface area contributed by atoms with Crippen molar-refractivity contribution in [1.82, 2.24) is 0 Å². The summed E-state index contributed by atoms with van der Waals surface area (Å²) in [6.45, 7) is 0. The van der Waals surface area contributed by atoms with Crippen LogP contribution >= 0.6 is 11.3 Å². The van der Waals surface area contributed by atoms with Gasteiger partial charge in [0.1, 0.15) is 5.75 Å². The molecule has 0 aliphatic carbocycles. The van der Waals surface area contributed by atoms with Gasteiger partial charge in [-0.1, -0.05) is 0 Å². The summed E-state index contributed by atoms with van der Waals surface area (Å²) < 4.78 is 23.2. The van der Waals surface area contributed by atoms with Gasteiger partial charge in [-0.25, -0.2) is 8.42 Å². The van der Waals surface area contributed by atoms with Crippen molar-refractivity contribution in [3.05, 3.63) is 23.6 Å². The molecule has 0 aliphatic heterocycles. The Balaban J connectivity index is 2.76. The molecule has 2 rings (SSSR count). The van der Waals surface area contributed by atoms with Gasteiger partial charge in [-0.05, 0) is 18.2 Å². The Morgan fingerprint density at radius 2 is 2.07 bits per heavy atom. The lowest BCUT2D eigenvalue weighted by atomic mass is 10.2. The number of hydrogen-bond acceptors (Lipinski definition) is 4. The third-order valence-electron chi connectivity index (χ3n) is 1.95. The van der Waals surface area contributed by atoms with Crippen molar-refractivity contribution in [2.45, 2.75) is 4.90 Å². The maximum absolute atomic E-state index is 11.2. The van der Waals surface area contributed by atoms with E-state index in [9.17, 15) is 13.5 Å². The third-order valence-corrected chi connectivity index (χ3v) is 4.00. The van der Waals surface area contributed by atoms with Crippen molar-refractivity contribution in [3.63, 3.8) is 0 Å². The Hall–Kier alpha value is -1.07. The van der Waals surface area contributed by atoms with Gasteiger partial charge < -0.3 is 5.11 Å². The zero-order valence-electron chi connectivity index (χ0n) is 7.39. The summed E-state index contributed by atoms with van der Waals surface area (Å²) in [5, 5.41) is 11.7. The van der Waals surface area contributed by atoms with Gasteiger partial charge in [0.15, 0.2) is 9.84 Å². The van der Waals surface area contributed by atoms with Crippen molar-refractivity contribution < 1.29 is 13.5 Å². The predicted octanol–water partition coefficient (Wildman–Crippen LogP) is 2.01. The Kier molecular flexibility index (Phi) is 2.01. The second-order valence-electron chi connectivity index (χ2n) is 3.05. The Bertz CT molecular complexity index is 581. The molecule has 0 unspecified atom stereocenters. The van der Waals surface area contributed by atoms with Gasteiger partial charge in [-0.15, -0.1) is 11.3 Å². The first-order chi connectivity index (χ1) is 6.48. The van der Waals surface area contributed by atoms with Crippen molar-refractivity contribution >= 4 is 31.3 Å². The molecule has 0 amide bonds. The fourth-order valence-electron chi connectivity index (χ4n) is 1.23. The molecule has 0 aliphatic rings. The molecule has 0 saturated carbocycles. The largest absolute Gasteiger partial charge is 0.506 e. The lowest BCUT2D eigenvalue weighted by molar-refractivity contribution is 0.483. The van der Waals surface area contributed by atoms with E-state index in [1.54, 1.807) is 17.5 Å². The van der Waals surface area contributed by atoms with Gasteiger partial charge in [0, 0.05) is 21.7 Å². The highest BCUT2D eigenvalue weighted by Gasteiger charge is 2.09. The lowest BCUT2D eigenvalue weighted by Gasteiger charge is -1.97. The van der Waals surface area contributed by atoms with Crippen molar-refractivity contribution in [3.8, 4) is 5.75 Å². The minimum atomic E-state index is -3.16. The van der Waals surface area contributed by atoms with E-state index in [4.69, 9.17) is 0 Å². The monoisotopic (exact) mass is 228 g/mol. The number of rotatable bonds is 1. The second-order valence-corrected chi connectivity index (χ2v) is 5.98. The summed E-state index contributed by atoms with van der Waals surface area (Å²) in [5.41, 5.74) is 0. The number of aromatic hydroxyl groups is 1. The predicted molar refractivity (Wildman–Crippen MR) is 56.6 cm³/mol. The molecular formula is C9H8O3S2. The molecule has 14 heavy (non-hydrogen) atoms. The number of hydrogen-bond donors (Lipinski definition) is 1. The van der Waals surface area contributed by atoms with E-state index in [0.29, 0.717) is 5.39 Å². The topological polar surface area (TPSA) is 54.4 Å². The molecule has 1 N–H and O–H groups in total. The Morgan fingerprint density at radius 1 is 1.36 bits per heavy atom. The van der Waals surface area contributed by atoms with Gasteiger partial charge in [0.25, 0.3) is 0 Å². The fourth-order valence-corrected chi connectivity index (χ4v) is 2.81. The fraction of sp³-hybridized carbons (Fsp3) is 0.111. The zero-order valence-corrected chi connectivity index (χ0v) is 9.02. The van der Waals surface area contributed by atoms with Crippen LogP contribution in [0, 0.1) is 0 Å². The molecule has 0 radical (unpaired) electrons. The molecule has 74 valence electrons. The van der Waals surface area contributed by atoms with E-state index in [0.717, 1.165) is 4.70 Å². The highest BCUT2D eigenvalue weighted by Crippen LogP contribution is 2.32. The van der Waals surface area contributed by atoms with Crippen LogP contribution in [0.1, 0.15) is 0 Å². The molecule has 0 spiro atoms. The van der Waals surface area contributed by atoms with Crippen LogP contribution in [0.3, 0.4) is 0 Å². The van der Waals surface area contributed by atoms with Gasteiger partial charge >= 0.3 is 0 Å². The van der Waals surface area contributed by atoms with E-state index in [-0.39, 0.29) is 10.6 Å². The SMILES string of the molecule is CS(=O)(=O)c1ccc2c(O)csc2c1. The Morgan fingerprint density at radius 3 is 2.71 bits per heavy atom. The van der Waals surface area contributed by atoms with Gasteiger partial charge in [0.05, 0.1) is 4.90 Å². The molecule has 2 aromatic rings. The van der Waals surface area contributed by atoms with Crippen LogP contribution in [-0.4, -0.2) is 19.8 Å². The molecule has 1 heterocycles. The first-order valence-electron chi connectivity index (χ1n) is 3.89. The first-order valence-corrected chi connectivity index (χ1v) is 6.66.